The zero-order valence-corrected chi connectivity index (χ0v) is 18.3. The molecule has 1 fully saturated rings. The second-order valence-electron chi connectivity index (χ2n) is 8.09. The third-order valence-electron chi connectivity index (χ3n) is 5.35. The van der Waals surface area contributed by atoms with Gasteiger partial charge in [0, 0.05) is 28.5 Å². The molecule has 1 saturated carbocycles. The molecule has 1 atom stereocenters. The summed E-state index contributed by atoms with van der Waals surface area (Å²) >= 11 is 0. The van der Waals surface area contributed by atoms with E-state index in [9.17, 15) is 14.4 Å². The number of anilines is 2. The van der Waals surface area contributed by atoms with E-state index in [2.05, 4.69) is 21.3 Å². The van der Waals surface area contributed by atoms with Crippen LogP contribution in [-0.2, 0) is 0 Å². The summed E-state index contributed by atoms with van der Waals surface area (Å²) in [5.41, 5.74) is 3.21. The highest BCUT2D eigenvalue weighted by molar-refractivity contribution is 6.04. The SMILES string of the molecule is CC(NC(=O)c1ccc(NC(=O)NC2CC2)cc1)c1cccc(NC(=O)c2ccccc2)c1. The molecule has 1 aliphatic carbocycles. The lowest BCUT2D eigenvalue weighted by molar-refractivity contribution is 0.0939. The van der Waals surface area contributed by atoms with Crippen molar-refractivity contribution in [2.75, 3.05) is 10.6 Å². The Balaban J connectivity index is 1.34. The topological polar surface area (TPSA) is 99.3 Å². The van der Waals surface area contributed by atoms with E-state index in [1.165, 1.54) is 0 Å². The molecular formula is C26H26N4O3. The van der Waals surface area contributed by atoms with E-state index in [0.717, 1.165) is 18.4 Å². The Kier molecular flexibility index (Phi) is 6.69. The van der Waals surface area contributed by atoms with Gasteiger partial charge >= 0.3 is 6.03 Å². The number of carbonyl (C=O) groups excluding carboxylic acids is 3. The first-order chi connectivity index (χ1) is 16.0. The van der Waals surface area contributed by atoms with E-state index in [4.69, 9.17) is 0 Å². The monoisotopic (exact) mass is 442 g/mol. The molecule has 0 bridgehead atoms. The number of hydrogen-bond acceptors (Lipinski definition) is 3. The largest absolute Gasteiger partial charge is 0.346 e. The number of hydrogen-bond donors (Lipinski definition) is 4. The van der Waals surface area contributed by atoms with Gasteiger partial charge in [0.25, 0.3) is 11.8 Å². The minimum Gasteiger partial charge on any atom is -0.346 e. The van der Waals surface area contributed by atoms with Gasteiger partial charge in [-0.25, -0.2) is 4.79 Å². The van der Waals surface area contributed by atoms with Gasteiger partial charge in [0.1, 0.15) is 0 Å². The third kappa shape index (κ3) is 6.20. The molecule has 0 aromatic heterocycles. The van der Waals surface area contributed by atoms with Crippen molar-refractivity contribution < 1.29 is 14.4 Å². The molecule has 3 aromatic carbocycles. The Morgan fingerprint density at radius 3 is 2.15 bits per heavy atom. The van der Waals surface area contributed by atoms with Crippen molar-refractivity contribution in [3.05, 3.63) is 95.6 Å². The van der Waals surface area contributed by atoms with Crippen molar-refractivity contribution in [3.63, 3.8) is 0 Å². The molecule has 168 valence electrons. The number of benzene rings is 3. The van der Waals surface area contributed by atoms with Gasteiger partial charge in [-0.3, -0.25) is 9.59 Å². The van der Waals surface area contributed by atoms with Gasteiger partial charge in [-0.05, 0) is 73.9 Å². The molecule has 0 spiro atoms. The molecule has 33 heavy (non-hydrogen) atoms. The molecule has 4 N–H and O–H groups in total. The molecule has 1 aliphatic rings. The van der Waals surface area contributed by atoms with Crippen molar-refractivity contribution in [2.24, 2.45) is 0 Å². The smallest absolute Gasteiger partial charge is 0.319 e. The fraction of sp³-hybridized carbons (Fsp3) is 0.192. The summed E-state index contributed by atoms with van der Waals surface area (Å²) in [6.07, 6.45) is 2.04. The molecule has 0 heterocycles. The van der Waals surface area contributed by atoms with Gasteiger partial charge in [-0.1, -0.05) is 30.3 Å². The lowest BCUT2D eigenvalue weighted by atomic mass is 10.1. The first-order valence-electron chi connectivity index (χ1n) is 10.9. The predicted molar refractivity (Wildman–Crippen MR) is 128 cm³/mol. The van der Waals surface area contributed by atoms with E-state index < -0.39 is 0 Å². The zero-order chi connectivity index (χ0) is 23.2. The predicted octanol–water partition coefficient (Wildman–Crippen LogP) is 4.71. The number of amides is 4. The number of carbonyl (C=O) groups is 3. The highest BCUT2D eigenvalue weighted by atomic mass is 16.2. The van der Waals surface area contributed by atoms with Crippen LogP contribution in [0.1, 0.15) is 52.1 Å². The van der Waals surface area contributed by atoms with Crippen LogP contribution in [0.5, 0.6) is 0 Å². The van der Waals surface area contributed by atoms with Gasteiger partial charge in [0.2, 0.25) is 0 Å². The lowest BCUT2D eigenvalue weighted by Crippen LogP contribution is -2.30. The molecule has 4 rings (SSSR count). The van der Waals surface area contributed by atoms with E-state index in [1.807, 2.05) is 49.4 Å². The van der Waals surface area contributed by atoms with Crippen LogP contribution in [0.15, 0.2) is 78.9 Å². The van der Waals surface area contributed by atoms with Gasteiger partial charge < -0.3 is 21.3 Å². The van der Waals surface area contributed by atoms with Gasteiger partial charge in [-0.15, -0.1) is 0 Å². The van der Waals surface area contributed by atoms with Crippen molar-refractivity contribution >= 4 is 29.2 Å². The highest BCUT2D eigenvalue weighted by Gasteiger charge is 2.23. The summed E-state index contributed by atoms with van der Waals surface area (Å²) in [6.45, 7) is 1.88. The number of nitrogens with one attached hydrogen (secondary N) is 4. The number of urea groups is 1. The fourth-order valence-electron chi connectivity index (χ4n) is 3.33. The van der Waals surface area contributed by atoms with Crippen molar-refractivity contribution in [1.29, 1.82) is 0 Å². The van der Waals surface area contributed by atoms with Gasteiger partial charge in [-0.2, -0.15) is 0 Å². The maximum Gasteiger partial charge on any atom is 0.319 e. The Bertz CT molecular complexity index is 1140. The Hall–Kier alpha value is -4.13. The molecule has 7 heteroatoms. The van der Waals surface area contributed by atoms with Gasteiger partial charge in [0.15, 0.2) is 0 Å². The van der Waals surface area contributed by atoms with Crippen molar-refractivity contribution in [1.82, 2.24) is 10.6 Å². The second kappa shape index (κ2) is 9.99. The summed E-state index contributed by atoms with van der Waals surface area (Å²) in [5.74, 6) is -0.417. The van der Waals surface area contributed by atoms with Crippen LogP contribution in [0.2, 0.25) is 0 Å². The van der Waals surface area contributed by atoms with Crippen LogP contribution in [0.3, 0.4) is 0 Å². The second-order valence-corrected chi connectivity index (χ2v) is 8.09. The summed E-state index contributed by atoms with van der Waals surface area (Å²) in [5, 5.41) is 11.5. The summed E-state index contributed by atoms with van der Waals surface area (Å²) in [4.78, 5) is 36.9. The minimum absolute atomic E-state index is 0.191. The normalized spacial score (nSPS) is 13.5. The zero-order valence-electron chi connectivity index (χ0n) is 18.3. The lowest BCUT2D eigenvalue weighted by Gasteiger charge is -2.16. The first kappa shape index (κ1) is 22.1. The average Bonchev–Trinajstić information content (AvgIpc) is 3.64. The van der Waals surface area contributed by atoms with Crippen LogP contribution in [-0.4, -0.2) is 23.9 Å². The van der Waals surface area contributed by atoms with Gasteiger partial charge in [0.05, 0.1) is 6.04 Å². The van der Waals surface area contributed by atoms with Crippen LogP contribution in [0, 0.1) is 0 Å². The maximum atomic E-state index is 12.7. The quantitative estimate of drug-likeness (QED) is 0.426. The molecule has 0 aliphatic heterocycles. The third-order valence-corrected chi connectivity index (χ3v) is 5.35. The Labute approximate surface area is 192 Å². The van der Waals surface area contributed by atoms with E-state index in [0.29, 0.717) is 22.5 Å². The fourth-order valence-corrected chi connectivity index (χ4v) is 3.33. The molecule has 3 aromatic rings. The molecule has 4 amide bonds. The summed E-state index contributed by atoms with van der Waals surface area (Å²) in [7, 11) is 0. The maximum absolute atomic E-state index is 12.7. The van der Waals surface area contributed by atoms with E-state index in [-0.39, 0.29) is 29.9 Å². The Morgan fingerprint density at radius 2 is 1.45 bits per heavy atom. The molecule has 7 nitrogen and oxygen atoms in total. The Morgan fingerprint density at radius 1 is 0.758 bits per heavy atom. The van der Waals surface area contributed by atoms with Crippen LogP contribution < -0.4 is 21.3 Å². The molecular weight excluding hydrogens is 416 g/mol. The van der Waals surface area contributed by atoms with Crippen molar-refractivity contribution in [2.45, 2.75) is 31.8 Å². The summed E-state index contributed by atoms with van der Waals surface area (Å²) < 4.78 is 0. The minimum atomic E-state index is -0.270. The molecule has 1 unspecified atom stereocenters. The average molecular weight is 443 g/mol. The van der Waals surface area contributed by atoms with Crippen molar-refractivity contribution in [3.8, 4) is 0 Å². The van der Waals surface area contributed by atoms with E-state index in [1.54, 1.807) is 36.4 Å². The highest BCUT2D eigenvalue weighted by Crippen LogP contribution is 2.20. The molecule has 0 saturated heterocycles. The van der Waals surface area contributed by atoms with Crippen LogP contribution in [0.25, 0.3) is 0 Å². The summed E-state index contributed by atoms with van der Waals surface area (Å²) in [6, 6.07) is 22.9. The number of rotatable bonds is 7. The van der Waals surface area contributed by atoms with Crippen LogP contribution in [0.4, 0.5) is 16.2 Å². The van der Waals surface area contributed by atoms with E-state index >= 15 is 0 Å². The van der Waals surface area contributed by atoms with Crippen LogP contribution >= 0.6 is 0 Å². The molecule has 0 radical (unpaired) electrons. The first-order valence-corrected chi connectivity index (χ1v) is 10.9. The standard InChI is InChI=1S/C26H26N4O3/c1-17(20-8-5-9-23(16-20)28-25(32)18-6-3-2-4-7-18)27-24(31)19-10-12-21(13-11-19)29-26(33)30-22-14-15-22/h2-13,16-17,22H,14-15H2,1H3,(H,27,31)(H,28,32)(H2,29,30,33).